The number of phenolic OH excluding ortho intramolecular Hbond substituents is 1. The Kier molecular flexibility index (Phi) is 4.81. The molecule has 4 bridgehead atoms. The Bertz CT molecular complexity index is 1360. The minimum absolute atomic E-state index is 0.0101. The summed E-state index contributed by atoms with van der Waals surface area (Å²) in [6.45, 7) is 9.68. The molecule has 2 heterocycles. The quantitative estimate of drug-likeness (QED) is 0.520. The number of aromatic hydroxyl groups is 1. The number of benzene rings is 2. The van der Waals surface area contributed by atoms with Crippen molar-refractivity contribution in [1.29, 1.82) is 0 Å². The third kappa shape index (κ3) is 2.74. The van der Waals surface area contributed by atoms with Gasteiger partial charge in [0.15, 0.2) is 11.5 Å². The van der Waals surface area contributed by atoms with E-state index in [2.05, 4.69) is 49.9 Å². The lowest BCUT2D eigenvalue weighted by atomic mass is 9.33. The van der Waals surface area contributed by atoms with Crippen molar-refractivity contribution in [2.45, 2.75) is 113 Å². The van der Waals surface area contributed by atoms with Crippen molar-refractivity contribution < 1.29 is 19.7 Å². The van der Waals surface area contributed by atoms with Crippen LogP contribution in [0.1, 0.15) is 93.0 Å². The number of aliphatic hydroxyl groups is 1. The number of hydrogen-bond donors (Lipinski definition) is 2. The van der Waals surface area contributed by atoms with Crippen LogP contribution in [0.5, 0.6) is 11.5 Å². The van der Waals surface area contributed by atoms with E-state index in [4.69, 9.17) is 9.47 Å². The van der Waals surface area contributed by atoms with Crippen molar-refractivity contribution in [2.24, 2.45) is 11.3 Å². The van der Waals surface area contributed by atoms with Crippen molar-refractivity contribution in [2.75, 3.05) is 13.7 Å². The predicted molar refractivity (Wildman–Crippen MR) is 150 cm³/mol. The number of aryl methyl sites for hydroxylation is 1. The van der Waals surface area contributed by atoms with Crippen LogP contribution in [0, 0.1) is 18.3 Å². The highest BCUT2D eigenvalue weighted by Gasteiger charge is 2.82. The summed E-state index contributed by atoms with van der Waals surface area (Å²) in [5, 5.41) is 23.8. The molecule has 0 radical (unpaired) electrons. The molecule has 39 heavy (non-hydrogen) atoms. The molecular weight excluding hydrogens is 486 g/mol. The molecule has 5 aliphatic carbocycles. The zero-order chi connectivity index (χ0) is 27.1. The molecule has 7 aliphatic rings. The number of methoxy groups -OCH3 is 1. The molecule has 4 saturated carbocycles. The third-order valence-corrected chi connectivity index (χ3v) is 12.6. The molecule has 1 saturated heterocycles. The van der Waals surface area contributed by atoms with Crippen molar-refractivity contribution in [1.82, 2.24) is 4.90 Å². The van der Waals surface area contributed by atoms with Crippen LogP contribution in [0.3, 0.4) is 0 Å². The summed E-state index contributed by atoms with van der Waals surface area (Å²) >= 11 is 0. The summed E-state index contributed by atoms with van der Waals surface area (Å²) in [5.41, 5.74) is 4.22. The zero-order valence-electron chi connectivity index (χ0n) is 24.1. The van der Waals surface area contributed by atoms with Crippen molar-refractivity contribution in [3.8, 4) is 11.5 Å². The van der Waals surface area contributed by atoms with Gasteiger partial charge >= 0.3 is 0 Å². The van der Waals surface area contributed by atoms with Crippen LogP contribution < -0.4 is 4.74 Å². The number of rotatable bonds is 5. The molecule has 9 rings (SSSR count). The van der Waals surface area contributed by atoms with Gasteiger partial charge in [0.2, 0.25) is 0 Å². The fourth-order valence-corrected chi connectivity index (χ4v) is 10.7. The van der Waals surface area contributed by atoms with Gasteiger partial charge in [-0.25, -0.2) is 0 Å². The largest absolute Gasteiger partial charge is 0.504 e. The lowest BCUT2D eigenvalue weighted by molar-refractivity contribution is -0.304. The standard InChI is InChI=1S/C34H43NO4/c1-19(2)21-6-8-22(9-7-21)31(4,37)26-18-32-12-13-34(26,38-5)30-33(32)14-15-35(23-10-11-23)27(32)17-24-20(3)16-25(36)29(39-30)28(24)33/h6-9,16,19,23,26-27,30,36-37H,10-15,17-18H2,1-5H3/t26-,27?,30+,31-,32?,33+,34-/m1/s1. The molecule has 0 aromatic heterocycles. The van der Waals surface area contributed by atoms with Crippen LogP contribution in [0.4, 0.5) is 0 Å². The fourth-order valence-electron chi connectivity index (χ4n) is 10.7. The second-order valence-corrected chi connectivity index (χ2v) is 14.3. The van der Waals surface area contributed by atoms with Crippen LogP contribution in [-0.2, 0) is 22.2 Å². The summed E-state index contributed by atoms with van der Waals surface area (Å²) in [5.74, 6) is 1.30. The maximum absolute atomic E-state index is 12.6. The van der Waals surface area contributed by atoms with Gasteiger partial charge in [-0.3, -0.25) is 4.90 Å². The monoisotopic (exact) mass is 529 g/mol. The van der Waals surface area contributed by atoms with Crippen molar-refractivity contribution in [3.05, 3.63) is 58.1 Å². The molecule has 5 fully saturated rings. The summed E-state index contributed by atoms with van der Waals surface area (Å²) in [4.78, 5) is 2.85. The van der Waals surface area contributed by atoms with E-state index in [-0.39, 0.29) is 28.6 Å². The molecule has 2 aliphatic heterocycles. The average molecular weight is 530 g/mol. The lowest BCUT2D eigenvalue weighted by Gasteiger charge is -2.75. The maximum atomic E-state index is 12.6. The number of likely N-dealkylation sites (tertiary alicyclic amines) is 1. The van der Waals surface area contributed by atoms with E-state index in [0.717, 1.165) is 44.2 Å². The van der Waals surface area contributed by atoms with E-state index in [0.29, 0.717) is 23.8 Å². The number of hydrogen-bond acceptors (Lipinski definition) is 5. The normalized spacial score (nSPS) is 39.4. The van der Waals surface area contributed by atoms with Gasteiger partial charge in [-0.2, -0.15) is 0 Å². The first-order valence-electron chi connectivity index (χ1n) is 15.3. The molecule has 0 amide bonds. The molecule has 2 unspecified atom stereocenters. The van der Waals surface area contributed by atoms with Crippen LogP contribution in [0.25, 0.3) is 0 Å². The van der Waals surface area contributed by atoms with Crippen molar-refractivity contribution in [3.63, 3.8) is 0 Å². The minimum Gasteiger partial charge on any atom is -0.504 e. The number of nitrogens with zero attached hydrogens (tertiary/aromatic N) is 1. The Balaban J connectivity index is 1.34. The molecule has 2 aromatic rings. The van der Waals surface area contributed by atoms with Gasteiger partial charge in [0.1, 0.15) is 11.7 Å². The molecule has 2 aromatic carbocycles. The van der Waals surface area contributed by atoms with Crippen LogP contribution in [0.15, 0.2) is 30.3 Å². The highest BCUT2D eigenvalue weighted by atomic mass is 16.6. The Hall–Kier alpha value is -2.08. The SMILES string of the molecule is CO[C@]12CCC3(C[C@@H]1[C@](C)(O)c1ccc(C(C)C)cc1)C1Cc4c(C)cc(O)c5c4[C@@]3(CCN1C1CC1)[C@@H]2O5. The first-order chi connectivity index (χ1) is 18.6. The van der Waals surface area contributed by atoms with E-state index in [1.165, 1.54) is 35.1 Å². The number of fused-ring (bicyclic) bond motifs is 2. The molecule has 7 atom stereocenters. The second-order valence-electron chi connectivity index (χ2n) is 14.3. The smallest absolute Gasteiger partial charge is 0.165 e. The highest BCUT2D eigenvalue weighted by Crippen LogP contribution is 2.78. The van der Waals surface area contributed by atoms with E-state index >= 15 is 0 Å². The fraction of sp³-hybridized carbons (Fsp3) is 0.647. The molecule has 5 heteroatoms. The molecule has 2 spiro atoms. The Morgan fingerprint density at radius 3 is 2.54 bits per heavy atom. The molecular formula is C34H43NO4. The molecule has 5 nitrogen and oxygen atoms in total. The predicted octanol–water partition coefficient (Wildman–Crippen LogP) is 5.71. The van der Waals surface area contributed by atoms with Crippen LogP contribution in [0.2, 0.25) is 0 Å². The first-order valence-corrected chi connectivity index (χ1v) is 15.3. The third-order valence-electron chi connectivity index (χ3n) is 12.6. The highest BCUT2D eigenvalue weighted by molar-refractivity contribution is 5.65. The lowest BCUT2D eigenvalue weighted by Crippen LogP contribution is -2.82. The topological polar surface area (TPSA) is 62.2 Å². The Morgan fingerprint density at radius 2 is 1.87 bits per heavy atom. The summed E-state index contributed by atoms with van der Waals surface area (Å²) in [6, 6.07) is 11.7. The van der Waals surface area contributed by atoms with Gasteiger partial charge in [0, 0.05) is 41.5 Å². The number of piperidine rings is 1. The van der Waals surface area contributed by atoms with Crippen LogP contribution >= 0.6 is 0 Å². The number of phenols is 1. The van der Waals surface area contributed by atoms with Gasteiger partial charge in [0.25, 0.3) is 0 Å². The van der Waals surface area contributed by atoms with E-state index in [9.17, 15) is 10.2 Å². The van der Waals surface area contributed by atoms with Gasteiger partial charge in [-0.05, 0) is 99.6 Å². The van der Waals surface area contributed by atoms with Gasteiger partial charge < -0.3 is 19.7 Å². The number of ether oxygens (including phenoxy) is 2. The minimum atomic E-state index is -1.07. The summed E-state index contributed by atoms with van der Waals surface area (Å²) in [6.07, 6.45) is 7.32. The molecule has 2 N–H and O–H groups in total. The van der Waals surface area contributed by atoms with Crippen molar-refractivity contribution >= 4 is 0 Å². The van der Waals surface area contributed by atoms with Gasteiger partial charge in [-0.1, -0.05) is 38.1 Å². The maximum Gasteiger partial charge on any atom is 0.165 e. The van der Waals surface area contributed by atoms with E-state index in [1.54, 1.807) is 0 Å². The zero-order valence-corrected chi connectivity index (χ0v) is 24.1. The van der Waals surface area contributed by atoms with Gasteiger partial charge in [-0.15, -0.1) is 0 Å². The molecule has 208 valence electrons. The van der Waals surface area contributed by atoms with Crippen LogP contribution in [-0.4, -0.2) is 52.6 Å². The Labute approximate surface area is 232 Å². The van der Waals surface area contributed by atoms with Gasteiger partial charge in [0.05, 0.1) is 5.60 Å². The first kappa shape index (κ1) is 24.7. The summed E-state index contributed by atoms with van der Waals surface area (Å²) in [7, 11) is 1.83. The van der Waals surface area contributed by atoms with E-state index in [1.807, 2.05) is 20.1 Å². The summed E-state index contributed by atoms with van der Waals surface area (Å²) < 4.78 is 13.7. The average Bonchev–Trinajstić information content (AvgIpc) is 3.69. The van der Waals surface area contributed by atoms with E-state index < -0.39 is 11.2 Å². The second kappa shape index (κ2) is 7.60. The Morgan fingerprint density at radius 1 is 1.13 bits per heavy atom.